The Bertz CT molecular complexity index is 176. The molecular weight excluding hydrogens is 218 g/mol. The fraction of sp³-hybridized carbons (Fsp3) is 0. The summed E-state index contributed by atoms with van der Waals surface area (Å²) >= 11 is 4.89. The first kappa shape index (κ1) is 16.9. The summed E-state index contributed by atoms with van der Waals surface area (Å²) in [6.45, 7) is 0. The van der Waals surface area contributed by atoms with Gasteiger partial charge in [0.2, 0.25) is 0 Å². The number of carbonyl (C=O) groups is 2. The number of rotatable bonds is 2. The van der Waals surface area contributed by atoms with Crippen LogP contribution in [0, 0.1) is 0 Å². The van der Waals surface area contributed by atoms with Crippen molar-refractivity contribution < 1.29 is 19.8 Å². The number of aliphatic carboxylic acids is 2. The van der Waals surface area contributed by atoms with Crippen LogP contribution in [0.15, 0.2) is 11.1 Å². The van der Waals surface area contributed by atoms with Gasteiger partial charge in [-0.25, -0.2) is 9.59 Å². The second-order valence-electron chi connectivity index (χ2n) is 1.14. The Balaban J connectivity index is -0.000000320. The van der Waals surface area contributed by atoms with Gasteiger partial charge in [0.1, 0.15) is 5.03 Å². The van der Waals surface area contributed by atoms with E-state index in [0.29, 0.717) is 6.08 Å². The number of halogens is 3. The molecule has 0 aromatic carbocycles. The molecule has 0 fully saturated rings. The van der Waals surface area contributed by atoms with Gasteiger partial charge >= 0.3 is 11.9 Å². The molecule has 0 amide bonds. The molecule has 0 heterocycles. The molecule has 7 heteroatoms. The van der Waals surface area contributed by atoms with E-state index in [9.17, 15) is 9.59 Å². The van der Waals surface area contributed by atoms with Crippen molar-refractivity contribution in [3.8, 4) is 0 Å². The van der Waals surface area contributed by atoms with Crippen LogP contribution in [0.1, 0.15) is 0 Å². The molecule has 0 bridgehead atoms. The Labute approximate surface area is 79.7 Å². The first-order chi connectivity index (χ1) is 4.04. The standard InChI is InChI=1S/C4H3ClO4.2ClH/c5-2(4(8)9)1-3(6)7;;/h1H,(H,6,7)(H,8,9);2*1H. The molecule has 4 nitrogen and oxygen atoms in total. The quantitative estimate of drug-likeness (QED) is 0.688. The van der Waals surface area contributed by atoms with Gasteiger partial charge in [0.25, 0.3) is 0 Å². The number of carboxylic acids is 2. The molecule has 0 saturated heterocycles. The van der Waals surface area contributed by atoms with Gasteiger partial charge in [0, 0.05) is 6.08 Å². The molecule has 0 saturated carbocycles. The zero-order chi connectivity index (χ0) is 7.44. The summed E-state index contributed by atoms with van der Waals surface area (Å²) in [7, 11) is 0. The maximum atomic E-state index is 9.77. The third kappa shape index (κ3) is 9.55. The third-order valence-corrected chi connectivity index (χ3v) is 0.725. The highest BCUT2D eigenvalue weighted by molar-refractivity contribution is 6.42. The van der Waals surface area contributed by atoms with E-state index in [-0.39, 0.29) is 24.8 Å². The highest BCUT2D eigenvalue weighted by Crippen LogP contribution is 1.98. The van der Waals surface area contributed by atoms with Crippen molar-refractivity contribution in [1.29, 1.82) is 0 Å². The van der Waals surface area contributed by atoms with E-state index < -0.39 is 17.0 Å². The maximum absolute atomic E-state index is 9.77. The molecule has 0 aromatic rings. The van der Waals surface area contributed by atoms with Crippen molar-refractivity contribution in [3.63, 3.8) is 0 Å². The predicted molar refractivity (Wildman–Crippen MR) is 43.7 cm³/mol. The van der Waals surface area contributed by atoms with Crippen molar-refractivity contribution >= 4 is 48.4 Å². The summed E-state index contributed by atoms with van der Waals surface area (Å²) in [4.78, 5) is 19.5. The second kappa shape index (κ2) is 7.65. The van der Waals surface area contributed by atoms with E-state index >= 15 is 0 Å². The predicted octanol–water partition coefficient (Wildman–Crippen LogP) is 1.12. The average Bonchev–Trinajstić information content (AvgIpc) is 1.63. The minimum Gasteiger partial charge on any atom is -0.478 e. The molecule has 0 unspecified atom stereocenters. The highest BCUT2D eigenvalue weighted by Gasteiger charge is 2.03. The van der Waals surface area contributed by atoms with Crippen molar-refractivity contribution in [2.24, 2.45) is 0 Å². The monoisotopic (exact) mass is 222 g/mol. The Morgan fingerprint density at radius 1 is 1.18 bits per heavy atom. The summed E-state index contributed by atoms with van der Waals surface area (Å²) in [6.07, 6.45) is 0.407. The smallest absolute Gasteiger partial charge is 0.347 e. The van der Waals surface area contributed by atoms with Crippen molar-refractivity contribution in [2.75, 3.05) is 0 Å². The minimum absolute atomic E-state index is 0. The maximum Gasteiger partial charge on any atom is 0.347 e. The Morgan fingerprint density at radius 3 is 1.64 bits per heavy atom. The Morgan fingerprint density at radius 2 is 1.55 bits per heavy atom. The molecule has 0 aliphatic rings. The van der Waals surface area contributed by atoms with E-state index in [1.807, 2.05) is 0 Å². The lowest BCUT2D eigenvalue weighted by molar-refractivity contribution is -0.134. The zero-order valence-electron chi connectivity index (χ0n) is 4.98. The van der Waals surface area contributed by atoms with Crippen LogP contribution in [0.3, 0.4) is 0 Å². The lowest BCUT2D eigenvalue weighted by Gasteiger charge is -1.83. The van der Waals surface area contributed by atoms with Gasteiger partial charge < -0.3 is 10.2 Å². The van der Waals surface area contributed by atoms with Crippen LogP contribution in [0.25, 0.3) is 0 Å². The fourth-order valence-electron chi connectivity index (χ4n) is 0.170. The lowest BCUT2D eigenvalue weighted by Crippen LogP contribution is -1.97. The Kier molecular flexibility index (Phi) is 11.7. The van der Waals surface area contributed by atoms with Crippen LogP contribution in [0.4, 0.5) is 0 Å². The van der Waals surface area contributed by atoms with E-state index in [1.54, 1.807) is 0 Å². The summed E-state index contributed by atoms with van der Waals surface area (Å²) < 4.78 is 0. The van der Waals surface area contributed by atoms with Gasteiger partial charge in [-0.3, -0.25) is 0 Å². The molecule has 0 aliphatic carbocycles. The van der Waals surface area contributed by atoms with Crippen molar-refractivity contribution in [1.82, 2.24) is 0 Å². The number of hydrogen-bond donors (Lipinski definition) is 2. The number of hydrogen-bond acceptors (Lipinski definition) is 2. The van der Waals surface area contributed by atoms with Crippen LogP contribution in [-0.2, 0) is 9.59 Å². The Hall–Kier alpha value is -0.450. The van der Waals surface area contributed by atoms with Crippen molar-refractivity contribution in [3.05, 3.63) is 11.1 Å². The number of carboxylic acid groups (broad SMARTS) is 2. The molecule has 0 aromatic heterocycles. The summed E-state index contributed by atoms with van der Waals surface area (Å²) in [5.41, 5.74) is 0. The highest BCUT2D eigenvalue weighted by atomic mass is 35.5. The largest absolute Gasteiger partial charge is 0.478 e. The first-order valence-electron chi connectivity index (χ1n) is 1.87. The fourth-order valence-corrected chi connectivity index (χ4v) is 0.263. The average molecular weight is 223 g/mol. The molecule has 2 N–H and O–H groups in total. The first-order valence-corrected chi connectivity index (χ1v) is 2.25. The van der Waals surface area contributed by atoms with Crippen molar-refractivity contribution in [2.45, 2.75) is 0 Å². The van der Waals surface area contributed by atoms with Gasteiger partial charge in [0.05, 0.1) is 0 Å². The van der Waals surface area contributed by atoms with Gasteiger partial charge in [-0.15, -0.1) is 24.8 Å². The molecule has 66 valence electrons. The van der Waals surface area contributed by atoms with Gasteiger partial charge in [-0.2, -0.15) is 0 Å². The van der Waals surface area contributed by atoms with Gasteiger partial charge in [0.15, 0.2) is 0 Å². The second-order valence-corrected chi connectivity index (χ2v) is 1.54. The van der Waals surface area contributed by atoms with Crippen LogP contribution >= 0.6 is 36.4 Å². The van der Waals surface area contributed by atoms with E-state index in [2.05, 4.69) is 0 Å². The zero-order valence-corrected chi connectivity index (χ0v) is 7.37. The molecule has 0 spiro atoms. The molecule has 0 aliphatic heterocycles. The van der Waals surface area contributed by atoms with Crippen LogP contribution in [-0.4, -0.2) is 22.2 Å². The van der Waals surface area contributed by atoms with Gasteiger partial charge in [-0.05, 0) is 0 Å². The normalized spacial score (nSPS) is 9.00. The third-order valence-electron chi connectivity index (χ3n) is 0.455. The van der Waals surface area contributed by atoms with E-state index in [0.717, 1.165) is 0 Å². The lowest BCUT2D eigenvalue weighted by atomic mass is 10.5. The molecule has 11 heavy (non-hydrogen) atoms. The molecule has 0 radical (unpaired) electrons. The van der Waals surface area contributed by atoms with Crippen LogP contribution in [0.5, 0.6) is 0 Å². The summed E-state index contributed by atoms with van der Waals surface area (Å²) in [5, 5.41) is 15.2. The van der Waals surface area contributed by atoms with Crippen LogP contribution in [0.2, 0.25) is 0 Å². The summed E-state index contributed by atoms with van der Waals surface area (Å²) in [6, 6.07) is 0. The minimum atomic E-state index is -1.45. The summed E-state index contributed by atoms with van der Waals surface area (Å²) in [5.74, 6) is -2.82. The van der Waals surface area contributed by atoms with Gasteiger partial charge in [-0.1, -0.05) is 11.6 Å². The van der Waals surface area contributed by atoms with E-state index in [1.165, 1.54) is 0 Å². The molecule has 0 atom stereocenters. The van der Waals surface area contributed by atoms with E-state index in [4.69, 9.17) is 21.8 Å². The molecular formula is C4H5Cl3O4. The topological polar surface area (TPSA) is 74.6 Å². The molecule has 0 rings (SSSR count). The van der Waals surface area contributed by atoms with Crippen LogP contribution < -0.4 is 0 Å². The SMILES string of the molecule is Cl.Cl.O=C(O)C=C(Cl)C(=O)O.